The van der Waals surface area contributed by atoms with Crippen molar-refractivity contribution in [3.63, 3.8) is 0 Å². The molecular weight excluding hydrogens is 298 g/mol. The molecule has 0 radical (unpaired) electrons. The molecule has 3 aromatic rings. The van der Waals surface area contributed by atoms with E-state index in [0.29, 0.717) is 11.3 Å². The Morgan fingerprint density at radius 1 is 0.955 bits per heavy atom. The minimum Gasteiger partial charge on any atom is -0.490 e. The summed E-state index contributed by atoms with van der Waals surface area (Å²) in [4.78, 5) is 0.266. The summed E-state index contributed by atoms with van der Waals surface area (Å²) in [7, 11) is -3.61. The van der Waals surface area contributed by atoms with Crippen LogP contribution in [0.5, 0.6) is 5.75 Å². The van der Waals surface area contributed by atoms with Gasteiger partial charge in [0.05, 0.1) is 16.5 Å². The van der Waals surface area contributed by atoms with E-state index in [2.05, 4.69) is 0 Å². The number of ether oxygens (including phenoxy) is 1. The van der Waals surface area contributed by atoms with Gasteiger partial charge >= 0.3 is 0 Å². The van der Waals surface area contributed by atoms with Gasteiger partial charge in [0.15, 0.2) is 0 Å². The van der Waals surface area contributed by atoms with Crippen LogP contribution in [0.4, 0.5) is 0 Å². The zero-order valence-electron chi connectivity index (χ0n) is 12.4. The zero-order chi connectivity index (χ0) is 15.7. The molecule has 0 saturated heterocycles. The SMILES string of the molecule is CC(C)Oc1cccc2c1ccn2S(=O)(=O)c1ccccc1. The van der Waals surface area contributed by atoms with Gasteiger partial charge in [-0.1, -0.05) is 24.3 Å². The molecule has 4 nitrogen and oxygen atoms in total. The van der Waals surface area contributed by atoms with E-state index in [1.165, 1.54) is 3.97 Å². The average molecular weight is 315 g/mol. The monoisotopic (exact) mass is 315 g/mol. The number of hydrogen-bond donors (Lipinski definition) is 0. The van der Waals surface area contributed by atoms with Gasteiger partial charge in [-0.15, -0.1) is 0 Å². The molecule has 0 unspecified atom stereocenters. The third-order valence-corrected chi connectivity index (χ3v) is 5.02. The minimum absolute atomic E-state index is 0.0275. The highest BCUT2D eigenvalue weighted by Crippen LogP contribution is 2.29. The first-order valence-corrected chi connectivity index (χ1v) is 8.51. The largest absolute Gasteiger partial charge is 0.490 e. The maximum atomic E-state index is 12.8. The van der Waals surface area contributed by atoms with Crippen molar-refractivity contribution < 1.29 is 13.2 Å². The summed E-state index contributed by atoms with van der Waals surface area (Å²) >= 11 is 0. The van der Waals surface area contributed by atoms with Gasteiger partial charge in [0, 0.05) is 11.6 Å². The van der Waals surface area contributed by atoms with Crippen molar-refractivity contribution in [1.29, 1.82) is 0 Å². The molecule has 0 spiro atoms. The Morgan fingerprint density at radius 3 is 2.36 bits per heavy atom. The lowest BCUT2D eigenvalue weighted by Gasteiger charge is -2.12. The molecule has 3 rings (SSSR count). The predicted molar refractivity (Wildman–Crippen MR) is 86.7 cm³/mol. The Morgan fingerprint density at radius 2 is 1.68 bits per heavy atom. The van der Waals surface area contributed by atoms with Crippen molar-refractivity contribution in [2.75, 3.05) is 0 Å². The third kappa shape index (κ3) is 2.48. The third-order valence-electron chi connectivity index (χ3n) is 3.32. The smallest absolute Gasteiger partial charge is 0.268 e. The van der Waals surface area contributed by atoms with Crippen LogP contribution in [0, 0.1) is 0 Å². The fourth-order valence-corrected chi connectivity index (χ4v) is 3.75. The molecule has 114 valence electrons. The maximum Gasteiger partial charge on any atom is 0.268 e. The van der Waals surface area contributed by atoms with Gasteiger partial charge < -0.3 is 4.74 Å². The maximum absolute atomic E-state index is 12.8. The molecule has 0 aliphatic heterocycles. The molecule has 0 aliphatic carbocycles. The highest BCUT2D eigenvalue weighted by Gasteiger charge is 2.19. The van der Waals surface area contributed by atoms with Gasteiger partial charge in [-0.25, -0.2) is 12.4 Å². The number of hydrogen-bond acceptors (Lipinski definition) is 3. The molecule has 0 N–H and O–H groups in total. The fourth-order valence-electron chi connectivity index (χ4n) is 2.39. The lowest BCUT2D eigenvalue weighted by molar-refractivity contribution is 0.245. The lowest BCUT2D eigenvalue weighted by Crippen LogP contribution is -2.11. The molecule has 0 atom stereocenters. The molecule has 2 aromatic carbocycles. The molecule has 0 amide bonds. The van der Waals surface area contributed by atoms with Crippen molar-refractivity contribution in [2.24, 2.45) is 0 Å². The molecular formula is C17H17NO3S. The molecule has 0 bridgehead atoms. The second-order valence-electron chi connectivity index (χ2n) is 5.29. The average Bonchev–Trinajstić information content (AvgIpc) is 2.93. The van der Waals surface area contributed by atoms with Crippen LogP contribution in [0.15, 0.2) is 65.7 Å². The summed E-state index contributed by atoms with van der Waals surface area (Å²) in [6.45, 7) is 3.88. The Balaban J connectivity index is 2.17. The highest BCUT2D eigenvalue weighted by molar-refractivity contribution is 7.90. The summed E-state index contributed by atoms with van der Waals surface area (Å²) in [5.74, 6) is 0.689. The predicted octanol–water partition coefficient (Wildman–Crippen LogP) is 3.67. The van der Waals surface area contributed by atoms with E-state index < -0.39 is 10.0 Å². The van der Waals surface area contributed by atoms with E-state index in [1.54, 1.807) is 54.7 Å². The lowest BCUT2D eigenvalue weighted by atomic mass is 10.2. The van der Waals surface area contributed by atoms with Gasteiger partial charge in [0.1, 0.15) is 5.75 Å². The van der Waals surface area contributed by atoms with Crippen molar-refractivity contribution in [1.82, 2.24) is 3.97 Å². The summed E-state index contributed by atoms with van der Waals surface area (Å²) < 4.78 is 32.6. The molecule has 0 aliphatic rings. The molecule has 1 heterocycles. The van der Waals surface area contributed by atoms with E-state index in [0.717, 1.165) is 5.39 Å². The number of rotatable bonds is 4. The van der Waals surface area contributed by atoms with Crippen LogP contribution in [0.25, 0.3) is 10.9 Å². The Labute approximate surface area is 130 Å². The second kappa shape index (κ2) is 5.50. The Hall–Kier alpha value is -2.27. The zero-order valence-corrected chi connectivity index (χ0v) is 13.2. The van der Waals surface area contributed by atoms with E-state index in [4.69, 9.17) is 4.74 Å². The van der Waals surface area contributed by atoms with E-state index >= 15 is 0 Å². The minimum atomic E-state index is -3.61. The molecule has 0 saturated carbocycles. The fraction of sp³-hybridized carbons (Fsp3) is 0.176. The van der Waals surface area contributed by atoms with Crippen LogP contribution in [0.2, 0.25) is 0 Å². The quantitative estimate of drug-likeness (QED) is 0.738. The van der Waals surface area contributed by atoms with Crippen LogP contribution < -0.4 is 4.74 Å². The molecule has 22 heavy (non-hydrogen) atoms. The van der Waals surface area contributed by atoms with Crippen molar-refractivity contribution in [3.05, 3.63) is 60.8 Å². The van der Waals surface area contributed by atoms with Crippen LogP contribution in [-0.2, 0) is 10.0 Å². The summed E-state index contributed by atoms with van der Waals surface area (Å²) in [6, 6.07) is 15.6. The van der Waals surface area contributed by atoms with Crippen LogP contribution in [0.3, 0.4) is 0 Å². The number of nitrogens with zero attached hydrogens (tertiary/aromatic N) is 1. The van der Waals surface area contributed by atoms with Crippen LogP contribution in [0.1, 0.15) is 13.8 Å². The summed E-state index contributed by atoms with van der Waals surface area (Å²) in [5.41, 5.74) is 0.613. The van der Waals surface area contributed by atoms with E-state index in [-0.39, 0.29) is 11.0 Å². The van der Waals surface area contributed by atoms with Crippen molar-refractivity contribution >= 4 is 20.9 Å². The molecule has 1 aromatic heterocycles. The van der Waals surface area contributed by atoms with Gasteiger partial charge in [-0.05, 0) is 44.2 Å². The summed E-state index contributed by atoms with van der Waals surface area (Å²) in [6.07, 6.45) is 1.60. The first kappa shape index (κ1) is 14.7. The Kier molecular flexibility index (Phi) is 3.66. The molecule has 5 heteroatoms. The van der Waals surface area contributed by atoms with Crippen molar-refractivity contribution in [3.8, 4) is 5.75 Å². The molecule has 0 fully saturated rings. The number of benzene rings is 2. The first-order chi connectivity index (χ1) is 10.5. The summed E-state index contributed by atoms with van der Waals surface area (Å²) in [5, 5.41) is 0.788. The Bertz CT molecular complexity index is 896. The number of fused-ring (bicyclic) bond motifs is 1. The van der Waals surface area contributed by atoms with Crippen LogP contribution >= 0.6 is 0 Å². The normalized spacial score (nSPS) is 12.0. The van der Waals surface area contributed by atoms with Crippen LogP contribution in [-0.4, -0.2) is 18.5 Å². The van der Waals surface area contributed by atoms with Gasteiger partial charge in [-0.2, -0.15) is 0 Å². The van der Waals surface area contributed by atoms with Gasteiger partial charge in [0.25, 0.3) is 10.0 Å². The van der Waals surface area contributed by atoms with E-state index in [1.807, 2.05) is 19.9 Å². The van der Waals surface area contributed by atoms with Crippen molar-refractivity contribution in [2.45, 2.75) is 24.8 Å². The topological polar surface area (TPSA) is 48.3 Å². The second-order valence-corrected chi connectivity index (χ2v) is 7.10. The number of aromatic nitrogens is 1. The van der Waals surface area contributed by atoms with E-state index in [9.17, 15) is 8.42 Å². The van der Waals surface area contributed by atoms with Gasteiger partial charge in [0.2, 0.25) is 0 Å². The van der Waals surface area contributed by atoms with Gasteiger partial charge in [-0.3, -0.25) is 0 Å². The highest BCUT2D eigenvalue weighted by atomic mass is 32.2. The standard InChI is InChI=1S/C17H17NO3S/c1-13(2)21-17-10-6-9-16-15(17)11-12-18(16)22(19,20)14-7-4-3-5-8-14/h3-13H,1-2H3. The first-order valence-electron chi connectivity index (χ1n) is 7.07.